The van der Waals surface area contributed by atoms with Gasteiger partial charge in [0.2, 0.25) is 0 Å². The molecular formula is C14H24O4. The first-order chi connectivity index (χ1) is 8.37. The Morgan fingerprint density at radius 3 is 2.17 bits per heavy atom. The molecule has 0 N–H and O–H groups in total. The van der Waals surface area contributed by atoms with Crippen LogP contribution in [0.25, 0.3) is 0 Å². The second-order valence-electron chi connectivity index (χ2n) is 5.63. The molecule has 0 atom stereocenters. The van der Waals surface area contributed by atoms with Crippen molar-refractivity contribution in [3.05, 3.63) is 0 Å². The van der Waals surface area contributed by atoms with Gasteiger partial charge in [-0.15, -0.1) is 0 Å². The number of carbonyl (C=O) groups excluding carboxylic acids is 2. The van der Waals surface area contributed by atoms with Crippen LogP contribution in [0.4, 0.5) is 0 Å². The summed E-state index contributed by atoms with van der Waals surface area (Å²) in [7, 11) is 0. The first-order valence-electron chi connectivity index (χ1n) is 6.76. The quantitative estimate of drug-likeness (QED) is 0.573. The van der Waals surface area contributed by atoms with Gasteiger partial charge in [-0.1, -0.05) is 6.92 Å². The second-order valence-corrected chi connectivity index (χ2v) is 5.63. The zero-order valence-electron chi connectivity index (χ0n) is 11.8. The van der Waals surface area contributed by atoms with Gasteiger partial charge >= 0.3 is 11.9 Å². The van der Waals surface area contributed by atoms with Gasteiger partial charge in [0.1, 0.15) is 6.10 Å². The number of hydrogen-bond donors (Lipinski definition) is 0. The lowest BCUT2D eigenvalue weighted by molar-refractivity contribution is -0.174. The van der Waals surface area contributed by atoms with Crippen molar-refractivity contribution < 1.29 is 19.1 Å². The molecule has 0 aliphatic heterocycles. The van der Waals surface area contributed by atoms with Gasteiger partial charge in [0.05, 0.1) is 6.61 Å². The van der Waals surface area contributed by atoms with E-state index in [-0.39, 0.29) is 12.7 Å². The van der Waals surface area contributed by atoms with E-state index in [2.05, 4.69) is 6.92 Å². The van der Waals surface area contributed by atoms with E-state index in [9.17, 15) is 9.59 Å². The van der Waals surface area contributed by atoms with Crippen LogP contribution < -0.4 is 0 Å². The van der Waals surface area contributed by atoms with Crippen LogP contribution in [0.1, 0.15) is 53.4 Å². The number of hydrogen-bond acceptors (Lipinski definition) is 4. The fraction of sp³-hybridized carbons (Fsp3) is 0.857. The molecule has 0 amide bonds. The van der Waals surface area contributed by atoms with E-state index in [0.29, 0.717) is 5.92 Å². The molecule has 1 saturated carbocycles. The summed E-state index contributed by atoms with van der Waals surface area (Å²) in [6.07, 6.45) is 3.91. The second kappa shape index (κ2) is 6.21. The maximum absolute atomic E-state index is 12.0. The summed E-state index contributed by atoms with van der Waals surface area (Å²) in [4.78, 5) is 23.7. The molecule has 4 nitrogen and oxygen atoms in total. The van der Waals surface area contributed by atoms with Gasteiger partial charge in [-0.05, 0) is 52.4 Å². The van der Waals surface area contributed by atoms with E-state index >= 15 is 0 Å². The number of ether oxygens (including phenoxy) is 2. The van der Waals surface area contributed by atoms with Crippen molar-refractivity contribution in [1.82, 2.24) is 0 Å². The predicted molar refractivity (Wildman–Crippen MR) is 67.9 cm³/mol. The lowest BCUT2D eigenvalue weighted by atomic mass is 9.88. The van der Waals surface area contributed by atoms with Gasteiger partial charge in [-0.2, -0.15) is 0 Å². The molecule has 18 heavy (non-hydrogen) atoms. The highest BCUT2D eigenvalue weighted by Gasteiger charge is 2.40. The molecule has 0 radical (unpaired) electrons. The molecule has 1 fully saturated rings. The maximum atomic E-state index is 12.0. The molecule has 0 heterocycles. The average molecular weight is 256 g/mol. The molecule has 1 rings (SSSR count). The molecule has 0 unspecified atom stereocenters. The molecule has 0 bridgehead atoms. The third kappa shape index (κ3) is 3.72. The standard InChI is InChI=1S/C14H24O4/c1-5-17-12(15)14(3,4)13(16)18-11-8-6-10(2)7-9-11/h10-11H,5-9H2,1-4H3. The van der Waals surface area contributed by atoms with Crippen molar-refractivity contribution in [1.29, 1.82) is 0 Å². The highest BCUT2D eigenvalue weighted by Crippen LogP contribution is 2.28. The SMILES string of the molecule is CCOC(=O)C(C)(C)C(=O)OC1CCC(C)CC1. The van der Waals surface area contributed by atoms with Crippen molar-refractivity contribution in [3.8, 4) is 0 Å². The van der Waals surface area contributed by atoms with E-state index in [4.69, 9.17) is 9.47 Å². The summed E-state index contributed by atoms with van der Waals surface area (Å²) in [6, 6.07) is 0. The Balaban J connectivity index is 2.51. The highest BCUT2D eigenvalue weighted by molar-refractivity contribution is 5.99. The predicted octanol–water partition coefficient (Wildman–Crippen LogP) is 2.70. The van der Waals surface area contributed by atoms with E-state index in [1.807, 2.05) is 0 Å². The number of carbonyl (C=O) groups is 2. The van der Waals surface area contributed by atoms with E-state index < -0.39 is 17.4 Å². The lowest BCUT2D eigenvalue weighted by Gasteiger charge is -2.29. The van der Waals surface area contributed by atoms with Gasteiger partial charge in [0.25, 0.3) is 0 Å². The molecular weight excluding hydrogens is 232 g/mol. The molecule has 0 aromatic carbocycles. The van der Waals surface area contributed by atoms with Crippen LogP contribution in [-0.4, -0.2) is 24.6 Å². The Kier molecular flexibility index (Phi) is 5.17. The first-order valence-corrected chi connectivity index (χ1v) is 6.76. The summed E-state index contributed by atoms with van der Waals surface area (Å²) in [5.41, 5.74) is -1.21. The minimum atomic E-state index is -1.21. The summed E-state index contributed by atoms with van der Waals surface area (Å²) in [6.45, 7) is 7.32. The zero-order chi connectivity index (χ0) is 13.8. The minimum absolute atomic E-state index is 0.0394. The van der Waals surface area contributed by atoms with Crippen LogP contribution in [0.15, 0.2) is 0 Å². The van der Waals surface area contributed by atoms with Crippen LogP contribution in [-0.2, 0) is 19.1 Å². The Labute approximate surface area is 109 Å². The maximum Gasteiger partial charge on any atom is 0.323 e. The van der Waals surface area contributed by atoms with Crippen LogP contribution >= 0.6 is 0 Å². The van der Waals surface area contributed by atoms with Crippen LogP contribution in [0.3, 0.4) is 0 Å². The topological polar surface area (TPSA) is 52.6 Å². The van der Waals surface area contributed by atoms with Crippen molar-refractivity contribution in [2.75, 3.05) is 6.61 Å². The van der Waals surface area contributed by atoms with Crippen LogP contribution in [0, 0.1) is 11.3 Å². The van der Waals surface area contributed by atoms with Gasteiger partial charge in [0.15, 0.2) is 5.41 Å². The van der Waals surface area contributed by atoms with E-state index in [1.165, 1.54) is 0 Å². The zero-order valence-corrected chi connectivity index (χ0v) is 11.8. The molecule has 104 valence electrons. The molecule has 1 aliphatic carbocycles. The van der Waals surface area contributed by atoms with Gasteiger partial charge in [-0.25, -0.2) is 0 Å². The third-order valence-electron chi connectivity index (χ3n) is 3.53. The van der Waals surface area contributed by atoms with E-state index in [0.717, 1.165) is 25.7 Å². The summed E-state index contributed by atoms with van der Waals surface area (Å²) < 4.78 is 10.3. The Bertz CT molecular complexity index is 301. The van der Waals surface area contributed by atoms with Gasteiger partial charge in [-0.3, -0.25) is 9.59 Å². The molecule has 1 aliphatic rings. The molecule has 4 heteroatoms. The van der Waals surface area contributed by atoms with Crippen molar-refractivity contribution in [2.45, 2.75) is 59.5 Å². The van der Waals surface area contributed by atoms with Gasteiger partial charge in [0, 0.05) is 0 Å². The Hall–Kier alpha value is -1.06. The summed E-state index contributed by atoms with van der Waals surface area (Å²) in [5.74, 6) is -0.280. The fourth-order valence-electron chi connectivity index (χ4n) is 2.04. The lowest BCUT2D eigenvalue weighted by Crippen LogP contribution is -2.39. The van der Waals surface area contributed by atoms with Gasteiger partial charge < -0.3 is 9.47 Å². The highest BCUT2D eigenvalue weighted by atomic mass is 16.6. The fourth-order valence-corrected chi connectivity index (χ4v) is 2.04. The van der Waals surface area contributed by atoms with Crippen molar-refractivity contribution in [3.63, 3.8) is 0 Å². The normalized spacial score (nSPS) is 24.4. The molecule has 0 spiro atoms. The Morgan fingerprint density at radius 2 is 1.67 bits per heavy atom. The third-order valence-corrected chi connectivity index (χ3v) is 3.53. The first kappa shape index (κ1) is 15.0. The number of rotatable bonds is 4. The van der Waals surface area contributed by atoms with Crippen molar-refractivity contribution >= 4 is 11.9 Å². The minimum Gasteiger partial charge on any atom is -0.465 e. The summed E-state index contributed by atoms with van der Waals surface area (Å²) in [5, 5.41) is 0. The monoisotopic (exact) mass is 256 g/mol. The summed E-state index contributed by atoms with van der Waals surface area (Å²) >= 11 is 0. The largest absolute Gasteiger partial charge is 0.465 e. The molecule has 0 aromatic heterocycles. The number of esters is 2. The van der Waals surface area contributed by atoms with E-state index in [1.54, 1.807) is 20.8 Å². The Morgan fingerprint density at radius 1 is 1.11 bits per heavy atom. The van der Waals surface area contributed by atoms with Crippen molar-refractivity contribution in [2.24, 2.45) is 11.3 Å². The molecule has 0 aromatic rings. The average Bonchev–Trinajstić information content (AvgIpc) is 2.32. The van der Waals surface area contributed by atoms with Crippen LogP contribution in [0.5, 0.6) is 0 Å². The molecule has 0 saturated heterocycles. The van der Waals surface area contributed by atoms with Crippen LogP contribution in [0.2, 0.25) is 0 Å². The smallest absolute Gasteiger partial charge is 0.323 e.